The molecule has 8 nitrogen and oxygen atoms in total. The number of rotatable bonds is 5. The molecule has 1 unspecified atom stereocenters. The number of nitrogens with two attached hydrogens (primary N) is 1. The molecular weight excluding hydrogens is 510 g/mol. The van der Waals surface area contributed by atoms with Gasteiger partial charge in [0.25, 0.3) is 0 Å². The summed E-state index contributed by atoms with van der Waals surface area (Å²) in [6.45, 7) is 7.21. The fraction of sp³-hybridized carbons (Fsp3) is 0.594. The molecule has 1 aliphatic heterocycles. The molecule has 214 valence electrons. The second-order valence-electron chi connectivity index (χ2n) is 13.1. The number of carbonyl (C=O) groups excluding carboxylic acids is 3. The van der Waals surface area contributed by atoms with Gasteiger partial charge in [-0.1, -0.05) is 51.5 Å². The van der Waals surface area contributed by atoms with Gasteiger partial charge in [-0.05, 0) is 61.8 Å². The van der Waals surface area contributed by atoms with Gasteiger partial charge < -0.3 is 25.1 Å². The number of carbonyl (C=O) groups is 3. The van der Waals surface area contributed by atoms with Gasteiger partial charge in [-0.25, -0.2) is 0 Å². The number of esters is 1. The molecular formula is C32H39NO7. The average molecular weight is 550 g/mol. The van der Waals surface area contributed by atoms with Gasteiger partial charge >= 0.3 is 5.97 Å². The van der Waals surface area contributed by atoms with Crippen LogP contribution in [-0.2, 0) is 28.6 Å². The van der Waals surface area contributed by atoms with Crippen molar-refractivity contribution < 1.29 is 33.7 Å². The number of nitrogen functional groups attached to an aromatic ring is 1. The first-order valence-corrected chi connectivity index (χ1v) is 14.4. The molecule has 1 heterocycles. The Labute approximate surface area is 234 Å². The topological polar surface area (TPSA) is 125 Å². The molecule has 8 heteroatoms. The molecule has 1 aromatic carbocycles. The van der Waals surface area contributed by atoms with Gasteiger partial charge in [-0.15, -0.1) is 0 Å². The van der Waals surface area contributed by atoms with E-state index in [4.69, 9.17) is 19.9 Å². The highest BCUT2D eigenvalue weighted by Gasteiger charge is 2.76. The normalized spacial score (nSPS) is 41.5. The SMILES string of the molecule is CC(C)C(=O)OCC(=O)[C@@]12OC(c3ccc(N)cc3)O[C@@H]1C[C@H]1[C@@H]3CCC4=CC(=O)C=C[C@]4(C)[C@H]3[C@@H](O)C[C@@]12C. The fourth-order valence-corrected chi connectivity index (χ4v) is 8.78. The number of Topliss-reactive ketones (excluding diaryl/α,β-unsaturated/α-hetero) is 1. The zero-order valence-electron chi connectivity index (χ0n) is 23.6. The molecule has 4 aliphatic carbocycles. The number of anilines is 1. The second-order valence-corrected chi connectivity index (χ2v) is 13.1. The van der Waals surface area contributed by atoms with Gasteiger partial charge in [0.1, 0.15) is 0 Å². The first-order chi connectivity index (χ1) is 18.9. The minimum absolute atomic E-state index is 0.00698. The Bertz CT molecular complexity index is 1300. The lowest BCUT2D eigenvalue weighted by molar-refractivity contribution is -0.202. The van der Waals surface area contributed by atoms with E-state index in [0.29, 0.717) is 18.5 Å². The van der Waals surface area contributed by atoms with Crippen LogP contribution in [0, 0.1) is 34.5 Å². The van der Waals surface area contributed by atoms with E-state index >= 15 is 0 Å². The van der Waals surface area contributed by atoms with Crippen molar-refractivity contribution >= 4 is 23.2 Å². The van der Waals surface area contributed by atoms with Gasteiger partial charge in [-0.3, -0.25) is 14.4 Å². The third kappa shape index (κ3) is 3.79. The summed E-state index contributed by atoms with van der Waals surface area (Å²) in [4.78, 5) is 38.7. The number of hydrogen-bond donors (Lipinski definition) is 2. The highest BCUT2D eigenvalue weighted by molar-refractivity contribution is 6.01. The number of allylic oxidation sites excluding steroid dienone is 4. The molecule has 4 fully saturated rings. The number of aliphatic hydroxyl groups is 1. The molecule has 1 aromatic rings. The first-order valence-electron chi connectivity index (χ1n) is 14.4. The number of aliphatic hydroxyl groups excluding tert-OH is 1. The quantitative estimate of drug-likeness (QED) is 0.416. The van der Waals surface area contributed by atoms with Crippen LogP contribution in [0.3, 0.4) is 0 Å². The van der Waals surface area contributed by atoms with Gasteiger partial charge in [0.2, 0.25) is 5.78 Å². The molecule has 0 bridgehead atoms. The van der Waals surface area contributed by atoms with Gasteiger partial charge in [0.15, 0.2) is 24.3 Å². The van der Waals surface area contributed by atoms with Crippen molar-refractivity contribution in [2.24, 2.45) is 34.5 Å². The van der Waals surface area contributed by atoms with Crippen LogP contribution < -0.4 is 5.73 Å². The van der Waals surface area contributed by atoms with E-state index in [1.54, 1.807) is 38.1 Å². The number of ketones is 2. The molecule has 6 rings (SSSR count). The third-order valence-electron chi connectivity index (χ3n) is 10.7. The van der Waals surface area contributed by atoms with E-state index in [1.165, 1.54) is 0 Å². The Kier molecular flexibility index (Phi) is 6.40. The monoisotopic (exact) mass is 549 g/mol. The molecule has 5 aliphatic rings. The summed E-state index contributed by atoms with van der Waals surface area (Å²) in [7, 11) is 0. The van der Waals surface area contributed by atoms with Crippen LogP contribution >= 0.6 is 0 Å². The average Bonchev–Trinajstić information content (AvgIpc) is 3.40. The summed E-state index contributed by atoms with van der Waals surface area (Å²) in [6.07, 6.45) is 5.76. The van der Waals surface area contributed by atoms with Crippen LogP contribution in [0.15, 0.2) is 48.1 Å². The van der Waals surface area contributed by atoms with E-state index in [-0.39, 0.29) is 35.2 Å². The lowest BCUT2D eigenvalue weighted by Crippen LogP contribution is -2.63. The highest BCUT2D eigenvalue weighted by atomic mass is 16.7. The largest absolute Gasteiger partial charge is 0.457 e. The first kappa shape index (κ1) is 27.4. The van der Waals surface area contributed by atoms with Crippen molar-refractivity contribution in [1.29, 1.82) is 0 Å². The van der Waals surface area contributed by atoms with Crippen molar-refractivity contribution in [3.8, 4) is 0 Å². The van der Waals surface area contributed by atoms with E-state index in [1.807, 2.05) is 25.1 Å². The number of hydrogen-bond acceptors (Lipinski definition) is 8. The smallest absolute Gasteiger partial charge is 0.308 e. The van der Waals surface area contributed by atoms with E-state index in [0.717, 1.165) is 24.0 Å². The fourth-order valence-electron chi connectivity index (χ4n) is 8.78. The van der Waals surface area contributed by atoms with Crippen molar-refractivity contribution in [2.45, 2.75) is 77.5 Å². The molecule has 0 aromatic heterocycles. The minimum Gasteiger partial charge on any atom is -0.457 e. The molecule has 40 heavy (non-hydrogen) atoms. The van der Waals surface area contributed by atoms with Crippen LogP contribution in [0.4, 0.5) is 5.69 Å². The van der Waals surface area contributed by atoms with Gasteiger partial charge in [-0.2, -0.15) is 0 Å². The Balaban J connectivity index is 1.38. The van der Waals surface area contributed by atoms with E-state index in [9.17, 15) is 19.5 Å². The molecule has 3 saturated carbocycles. The van der Waals surface area contributed by atoms with Crippen molar-refractivity contribution in [1.82, 2.24) is 0 Å². The van der Waals surface area contributed by atoms with Crippen LogP contribution in [-0.4, -0.2) is 47.1 Å². The molecule has 1 saturated heterocycles. The number of benzene rings is 1. The molecule has 0 radical (unpaired) electrons. The summed E-state index contributed by atoms with van der Waals surface area (Å²) in [5.74, 6) is -1.10. The zero-order valence-corrected chi connectivity index (χ0v) is 23.6. The van der Waals surface area contributed by atoms with Crippen molar-refractivity contribution in [3.63, 3.8) is 0 Å². The van der Waals surface area contributed by atoms with E-state index in [2.05, 4.69) is 6.92 Å². The molecule has 0 amide bonds. The summed E-state index contributed by atoms with van der Waals surface area (Å²) in [6, 6.07) is 7.20. The molecule has 3 N–H and O–H groups in total. The van der Waals surface area contributed by atoms with Crippen LogP contribution in [0.2, 0.25) is 0 Å². The Morgan fingerprint density at radius 2 is 1.93 bits per heavy atom. The lowest BCUT2D eigenvalue weighted by atomic mass is 9.46. The molecule has 9 atom stereocenters. The maximum Gasteiger partial charge on any atom is 0.308 e. The lowest BCUT2D eigenvalue weighted by Gasteiger charge is -2.59. The summed E-state index contributed by atoms with van der Waals surface area (Å²) >= 11 is 0. The Morgan fingerprint density at radius 3 is 2.62 bits per heavy atom. The van der Waals surface area contributed by atoms with Crippen LogP contribution in [0.25, 0.3) is 0 Å². The molecule has 0 spiro atoms. The van der Waals surface area contributed by atoms with E-state index < -0.39 is 47.5 Å². The summed E-state index contributed by atoms with van der Waals surface area (Å²) in [5.41, 5.74) is 5.76. The maximum absolute atomic E-state index is 14.2. The Morgan fingerprint density at radius 1 is 1.20 bits per heavy atom. The second kappa shape index (κ2) is 9.36. The predicted molar refractivity (Wildman–Crippen MR) is 146 cm³/mol. The van der Waals surface area contributed by atoms with Gasteiger partial charge in [0.05, 0.1) is 18.1 Å². The van der Waals surface area contributed by atoms with Crippen LogP contribution in [0.5, 0.6) is 0 Å². The number of fused-ring (bicyclic) bond motifs is 7. The number of ether oxygens (including phenoxy) is 3. The predicted octanol–water partition coefficient (Wildman–Crippen LogP) is 4.08. The van der Waals surface area contributed by atoms with Crippen molar-refractivity contribution in [3.05, 3.63) is 53.6 Å². The van der Waals surface area contributed by atoms with Gasteiger partial charge in [0, 0.05) is 28.0 Å². The summed E-state index contributed by atoms with van der Waals surface area (Å²) in [5, 5.41) is 11.9. The third-order valence-corrected chi connectivity index (χ3v) is 10.7. The highest BCUT2D eigenvalue weighted by Crippen LogP contribution is 2.70. The zero-order chi connectivity index (χ0) is 28.6. The Hall–Kier alpha value is -2.81. The van der Waals surface area contributed by atoms with Crippen molar-refractivity contribution in [2.75, 3.05) is 12.3 Å². The minimum atomic E-state index is -1.39. The maximum atomic E-state index is 14.2. The van der Waals surface area contributed by atoms with Crippen LogP contribution in [0.1, 0.15) is 65.2 Å². The standard InChI is InChI=1S/C32H39NO7/c1-17(2)28(37)38-16-25(36)32-26(39-29(40-32)18-5-8-20(33)9-6-18)14-23-22-10-7-19-13-21(34)11-12-30(19,3)27(22)24(35)15-31(23,32)4/h5-6,8-9,11-13,17,22-24,26-27,29,35H,7,10,14-16,33H2,1-4H3/t22-,23-,24-,26+,27+,29?,30-,31-,32+/m0/s1. The summed E-state index contributed by atoms with van der Waals surface area (Å²) < 4.78 is 18.7.